The third-order valence-corrected chi connectivity index (χ3v) is 4.22. The van der Waals surface area contributed by atoms with Crippen molar-refractivity contribution in [3.8, 4) is 5.75 Å². The molecule has 1 aliphatic heterocycles. The number of rotatable bonds is 5. The Balaban J connectivity index is 0.00000176. The number of hydrogen-bond donors (Lipinski definition) is 3. The first-order valence-corrected chi connectivity index (χ1v) is 7.43. The van der Waals surface area contributed by atoms with E-state index in [9.17, 15) is 5.11 Å². The highest BCUT2D eigenvalue weighted by Crippen LogP contribution is 2.28. The molecule has 0 radical (unpaired) electrons. The summed E-state index contributed by atoms with van der Waals surface area (Å²) in [6.45, 7) is 3.22. The molecule has 0 aromatic heterocycles. The minimum absolute atomic E-state index is 0. The maximum absolute atomic E-state index is 9.81. The van der Waals surface area contributed by atoms with E-state index in [1.165, 1.54) is 10.9 Å². The molecule has 3 N–H and O–H groups in total. The van der Waals surface area contributed by atoms with Gasteiger partial charge < -0.3 is 20.5 Å². The molecule has 2 atom stereocenters. The van der Waals surface area contributed by atoms with Gasteiger partial charge in [-0.05, 0) is 17.0 Å². The van der Waals surface area contributed by atoms with Gasteiger partial charge in [0.15, 0.2) is 0 Å². The lowest BCUT2D eigenvalue weighted by molar-refractivity contribution is 0.146. The average Bonchev–Trinajstić information content (AvgIpc) is 2.93. The second kappa shape index (κ2) is 7.79. The molecule has 22 heavy (non-hydrogen) atoms. The molecule has 1 heterocycles. The van der Waals surface area contributed by atoms with Gasteiger partial charge >= 0.3 is 0 Å². The fourth-order valence-corrected chi connectivity index (χ4v) is 2.99. The molecule has 0 aliphatic carbocycles. The van der Waals surface area contributed by atoms with Gasteiger partial charge in [0.1, 0.15) is 5.75 Å². The topological polar surface area (TPSA) is 53.5 Å². The van der Waals surface area contributed by atoms with E-state index in [1.54, 1.807) is 7.11 Å². The number of hydrogen-bond acceptors (Lipinski definition) is 4. The van der Waals surface area contributed by atoms with Crippen molar-refractivity contribution in [2.75, 3.05) is 26.7 Å². The summed E-state index contributed by atoms with van der Waals surface area (Å²) in [7, 11) is 1.70. The van der Waals surface area contributed by atoms with Crippen molar-refractivity contribution < 1.29 is 9.84 Å². The summed E-state index contributed by atoms with van der Waals surface area (Å²) in [4.78, 5) is 0. The number of nitrogens with one attached hydrogen (secondary N) is 2. The van der Waals surface area contributed by atoms with Crippen LogP contribution in [-0.4, -0.2) is 38.0 Å². The fourth-order valence-electron chi connectivity index (χ4n) is 2.99. The molecule has 120 valence electrons. The third kappa shape index (κ3) is 3.52. The fraction of sp³-hybridized carbons (Fsp3) is 0.412. The number of halogens is 1. The highest BCUT2D eigenvalue weighted by Gasteiger charge is 2.24. The van der Waals surface area contributed by atoms with Crippen molar-refractivity contribution in [1.29, 1.82) is 0 Å². The Kier molecular flexibility index (Phi) is 6.03. The summed E-state index contributed by atoms with van der Waals surface area (Å²) in [5, 5.41) is 18.8. The standard InChI is InChI=1S/C17H22N2O2.ClH/c1-21-17-7-6-12(14-4-2-3-5-15(14)17)8-18-9-13-10-19-11-16(13)20;/h2-7,13,16,18-20H,8-11H2,1H3;1H. The van der Waals surface area contributed by atoms with E-state index >= 15 is 0 Å². The van der Waals surface area contributed by atoms with E-state index in [4.69, 9.17) is 4.74 Å². The summed E-state index contributed by atoms with van der Waals surface area (Å²) >= 11 is 0. The van der Waals surface area contributed by atoms with Crippen molar-refractivity contribution in [2.24, 2.45) is 5.92 Å². The Hall–Kier alpha value is -1.33. The predicted octanol–water partition coefficient (Wildman–Crippen LogP) is 1.94. The maximum Gasteiger partial charge on any atom is 0.126 e. The number of methoxy groups -OCH3 is 1. The summed E-state index contributed by atoms with van der Waals surface area (Å²) in [6, 6.07) is 12.4. The van der Waals surface area contributed by atoms with Crippen LogP contribution < -0.4 is 15.4 Å². The zero-order valence-electron chi connectivity index (χ0n) is 12.7. The quantitative estimate of drug-likeness (QED) is 0.787. The van der Waals surface area contributed by atoms with Crippen LogP contribution in [0, 0.1) is 5.92 Å². The summed E-state index contributed by atoms with van der Waals surface area (Å²) in [5.41, 5.74) is 1.26. The van der Waals surface area contributed by atoms with Crippen molar-refractivity contribution in [1.82, 2.24) is 10.6 Å². The van der Waals surface area contributed by atoms with Crippen LogP contribution in [0.25, 0.3) is 10.8 Å². The first-order chi connectivity index (χ1) is 10.3. The zero-order chi connectivity index (χ0) is 14.7. The van der Waals surface area contributed by atoms with E-state index in [0.717, 1.165) is 30.8 Å². The summed E-state index contributed by atoms with van der Waals surface area (Å²) in [5.74, 6) is 1.21. The number of fused-ring (bicyclic) bond motifs is 1. The Labute approximate surface area is 137 Å². The van der Waals surface area contributed by atoms with Gasteiger partial charge in [-0.25, -0.2) is 0 Å². The molecule has 2 aromatic rings. The van der Waals surface area contributed by atoms with Crippen molar-refractivity contribution >= 4 is 23.2 Å². The number of ether oxygens (including phenoxy) is 1. The van der Waals surface area contributed by atoms with Crippen LogP contribution in [0.5, 0.6) is 5.75 Å². The van der Waals surface area contributed by atoms with E-state index in [-0.39, 0.29) is 18.5 Å². The van der Waals surface area contributed by atoms with Crippen molar-refractivity contribution in [2.45, 2.75) is 12.6 Å². The van der Waals surface area contributed by atoms with Crippen LogP contribution in [0.4, 0.5) is 0 Å². The molecule has 1 saturated heterocycles. The minimum Gasteiger partial charge on any atom is -0.496 e. The largest absolute Gasteiger partial charge is 0.496 e. The number of aliphatic hydroxyl groups is 1. The Morgan fingerprint density at radius 1 is 1.18 bits per heavy atom. The average molecular weight is 323 g/mol. The van der Waals surface area contributed by atoms with Gasteiger partial charge in [0.2, 0.25) is 0 Å². The highest BCUT2D eigenvalue weighted by atomic mass is 35.5. The van der Waals surface area contributed by atoms with Crippen LogP contribution in [0.1, 0.15) is 5.56 Å². The molecule has 1 aliphatic rings. The van der Waals surface area contributed by atoms with Crippen LogP contribution in [0.3, 0.4) is 0 Å². The van der Waals surface area contributed by atoms with Crippen LogP contribution in [-0.2, 0) is 6.54 Å². The molecule has 5 heteroatoms. The normalized spacial score (nSPS) is 20.8. The Morgan fingerprint density at radius 3 is 2.64 bits per heavy atom. The molecule has 2 unspecified atom stereocenters. The van der Waals surface area contributed by atoms with E-state index in [1.807, 2.05) is 12.1 Å². The van der Waals surface area contributed by atoms with E-state index in [0.29, 0.717) is 12.5 Å². The zero-order valence-corrected chi connectivity index (χ0v) is 13.5. The molecular weight excluding hydrogens is 300 g/mol. The number of aliphatic hydroxyl groups excluding tert-OH is 1. The monoisotopic (exact) mass is 322 g/mol. The SMILES string of the molecule is COc1ccc(CNCC2CNCC2O)c2ccccc12.Cl. The van der Waals surface area contributed by atoms with Crippen LogP contribution in [0.15, 0.2) is 36.4 Å². The van der Waals surface area contributed by atoms with Gasteiger partial charge in [0.25, 0.3) is 0 Å². The lowest BCUT2D eigenvalue weighted by Gasteiger charge is -2.15. The van der Waals surface area contributed by atoms with Crippen molar-refractivity contribution in [3.63, 3.8) is 0 Å². The van der Waals surface area contributed by atoms with Gasteiger partial charge in [-0.2, -0.15) is 0 Å². The molecular formula is C17H23ClN2O2. The second-order valence-corrected chi connectivity index (χ2v) is 5.59. The Morgan fingerprint density at radius 2 is 1.95 bits per heavy atom. The molecule has 0 bridgehead atoms. The van der Waals surface area contributed by atoms with Crippen molar-refractivity contribution in [3.05, 3.63) is 42.0 Å². The number of benzene rings is 2. The molecule has 3 rings (SSSR count). The lowest BCUT2D eigenvalue weighted by atomic mass is 10.0. The van der Waals surface area contributed by atoms with Crippen LogP contribution in [0.2, 0.25) is 0 Å². The van der Waals surface area contributed by atoms with Gasteiger partial charge in [0.05, 0.1) is 13.2 Å². The maximum atomic E-state index is 9.81. The Bertz CT molecular complexity index is 621. The second-order valence-electron chi connectivity index (χ2n) is 5.59. The van der Waals surface area contributed by atoms with Gasteiger partial charge in [-0.3, -0.25) is 0 Å². The van der Waals surface area contributed by atoms with Gasteiger partial charge in [-0.15, -0.1) is 12.4 Å². The smallest absolute Gasteiger partial charge is 0.126 e. The van der Waals surface area contributed by atoms with E-state index < -0.39 is 0 Å². The molecule has 0 amide bonds. The first kappa shape index (κ1) is 17.0. The minimum atomic E-state index is -0.231. The van der Waals surface area contributed by atoms with Crippen LogP contribution >= 0.6 is 12.4 Å². The summed E-state index contributed by atoms with van der Waals surface area (Å²) < 4.78 is 5.42. The molecule has 0 saturated carbocycles. The summed E-state index contributed by atoms with van der Waals surface area (Å²) in [6.07, 6.45) is -0.231. The third-order valence-electron chi connectivity index (χ3n) is 4.22. The number of β-amino-alcohol motifs (C(OH)–C–C–N with tert-alkyl or cyclic N) is 1. The predicted molar refractivity (Wildman–Crippen MR) is 91.8 cm³/mol. The molecule has 2 aromatic carbocycles. The molecule has 0 spiro atoms. The highest BCUT2D eigenvalue weighted by molar-refractivity contribution is 5.91. The van der Waals surface area contributed by atoms with Gasteiger partial charge in [-0.1, -0.05) is 30.3 Å². The van der Waals surface area contributed by atoms with Gasteiger partial charge in [0, 0.05) is 37.5 Å². The molecule has 1 fully saturated rings. The lowest BCUT2D eigenvalue weighted by Crippen LogP contribution is -2.30. The van der Waals surface area contributed by atoms with E-state index in [2.05, 4.69) is 34.9 Å². The first-order valence-electron chi connectivity index (χ1n) is 7.43. The molecule has 4 nitrogen and oxygen atoms in total.